The fraction of sp³-hybridized carbons (Fsp3) is 0.360. The summed E-state index contributed by atoms with van der Waals surface area (Å²) in [4.78, 5) is 0.399. The molecule has 0 aliphatic heterocycles. The largest absolute Gasteiger partial charge is 0.307 e. The predicted molar refractivity (Wildman–Crippen MR) is 120 cm³/mol. The Balaban J connectivity index is 1.47. The lowest BCUT2D eigenvalue weighted by Crippen LogP contribution is -2.35. The van der Waals surface area contributed by atoms with E-state index >= 15 is 0 Å². The highest BCUT2D eigenvalue weighted by atomic mass is 32.2. The van der Waals surface area contributed by atoms with Gasteiger partial charge in [0.1, 0.15) is 0 Å². The van der Waals surface area contributed by atoms with Crippen molar-refractivity contribution in [3.8, 4) is 0 Å². The molecule has 1 N–H and O–H groups in total. The lowest BCUT2D eigenvalue weighted by atomic mass is 9.81. The molecule has 4 rings (SSSR count). The second kappa shape index (κ2) is 8.29. The van der Waals surface area contributed by atoms with Crippen LogP contribution in [0.4, 0.5) is 0 Å². The third-order valence-corrected chi connectivity index (χ3v) is 7.36. The maximum atomic E-state index is 11.7. The average Bonchev–Trinajstić information content (AvgIpc) is 2.73. The van der Waals surface area contributed by atoms with Gasteiger partial charge in [-0.25, -0.2) is 8.42 Å². The Bertz CT molecular complexity index is 1080. The minimum absolute atomic E-state index is 0.289. The normalized spacial score (nSPS) is 21.2. The first kappa shape index (κ1) is 20.1. The van der Waals surface area contributed by atoms with Crippen molar-refractivity contribution in [2.75, 3.05) is 6.26 Å². The summed E-state index contributed by atoms with van der Waals surface area (Å²) in [5, 5.41) is 6.47. The van der Waals surface area contributed by atoms with Crippen LogP contribution in [-0.2, 0) is 9.84 Å². The SMILES string of the molecule is C[C@@H](NC1CCCC(c2ccc(S(C)(=O)=O)cc2)C1)c1cccc2ccccc12. The van der Waals surface area contributed by atoms with Gasteiger partial charge in [-0.05, 0) is 66.1 Å². The standard InChI is InChI=1S/C25H29NO2S/c1-18(24-12-6-8-20-7-3-4-11-25(20)24)26-22-10-5-9-21(17-22)19-13-15-23(16-14-19)29(2,27)28/h3-4,6-8,11-16,18,21-22,26H,5,9-10,17H2,1-2H3/t18-,21?,22?/m1/s1. The van der Waals surface area contributed by atoms with E-state index in [1.54, 1.807) is 12.1 Å². The highest BCUT2D eigenvalue weighted by Gasteiger charge is 2.25. The fourth-order valence-corrected chi connectivity index (χ4v) is 5.33. The van der Waals surface area contributed by atoms with Crippen molar-refractivity contribution in [2.24, 2.45) is 0 Å². The van der Waals surface area contributed by atoms with Gasteiger partial charge in [-0.1, -0.05) is 61.0 Å². The van der Waals surface area contributed by atoms with Crippen molar-refractivity contribution >= 4 is 20.6 Å². The van der Waals surface area contributed by atoms with E-state index in [2.05, 4.69) is 54.7 Å². The molecule has 3 nitrogen and oxygen atoms in total. The maximum absolute atomic E-state index is 11.7. The van der Waals surface area contributed by atoms with E-state index in [0.717, 1.165) is 6.42 Å². The van der Waals surface area contributed by atoms with Gasteiger partial charge in [-0.2, -0.15) is 0 Å². The summed E-state index contributed by atoms with van der Waals surface area (Å²) in [6.45, 7) is 2.26. The van der Waals surface area contributed by atoms with Crippen LogP contribution in [0.2, 0.25) is 0 Å². The second-order valence-electron chi connectivity index (χ2n) is 8.36. The zero-order chi connectivity index (χ0) is 20.4. The van der Waals surface area contributed by atoms with Crippen LogP contribution in [0.15, 0.2) is 71.6 Å². The summed E-state index contributed by atoms with van der Waals surface area (Å²) in [5.41, 5.74) is 2.60. The van der Waals surface area contributed by atoms with Crippen LogP contribution in [0.25, 0.3) is 10.8 Å². The number of rotatable bonds is 5. The van der Waals surface area contributed by atoms with E-state index in [9.17, 15) is 8.42 Å². The molecule has 0 heterocycles. The minimum atomic E-state index is -3.14. The highest BCUT2D eigenvalue weighted by Crippen LogP contribution is 2.35. The van der Waals surface area contributed by atoms with Crippen LogP contribution < -0.4 is 5.32 Å². The van der Waals surface area contributed by atoms with Gasteiger partial charge < -0.3 is 5.32 Å². The highest BCUT2D eigenvalue weighted by molar-refractivity contribution is 7.90. The summed E-state index contributed by atoms with van der Waals surface area (Å²) in [5.74, 6) is 0.481. The van der Waals surface area contributed by atoms with E-state index in [0.29, 0.717) is 16.9 Å². The number of benzene rings is 3. The molecule has 3 aromatic carbocycles. The van der Waals surface area contributed by atoms with Crippen molar-refractivity contribution in [1.29, 1.82) is 0 Å². The summed E-state index contributed by atoms with van der Waals surface area (Å²) in [7, 11) is -3.14. The van der Waals surface area contributed by atoms with E-state index in [-0.39, 0.29) is 6.04 Å². The van der Waals surface area contributed by atoms with Crippen molar-refractivity contribution in [2.45, 2.75) is 55.5 Å². The topological polar surface area (TPSA) is 46.2 Å². The number of hydrogen-bond donors (Lipinski definition) is 1. The fourth-order valence-electron chi connectivity index (χ4n) is 4.70. The van der Waals surface area contributed by atoms with E-state index < -0.39 is 9.84 Å². The van der Waals surface area contributed by atoms with Crippen molar-refractivity contribution in [3.05, 3.63) is 77.9 Å². The first-order chi connectivity index (χ1) is 13.9. The molecule has 0 amide bonds. The molecular formula is C25H29NO2S. The third-order valence-electron chi connectivity index (χ3n) is 6.23. The summed E-state index contributed by atoms with van der Waals surface area (Å²) in [6, 6.07) is 23.4. The molecule has 0 bridgehead atoms. The molecule has 152 valence electrons. The Morgan fingerprint density at radius 1 is 0.931 bits per heavy atom. The molecule has 0 spiro atoms. The molecule has 1 saturated carbocycles. The Morgan fingerprint density at radius 3 is 2.41 bits per heavy atom. The van der Waals surface area contributed by atoms with Crippen molar-refractivity contribution < 1.29 is 8.42 Å². The van der Waals surface area contributed by atoms with Crippen LogP contribution in [-0.4, -0.2) is 20.7 Å². The van der Waals surface area contributed by atoms with Crippen molar-refractivity contribution in [1.82, 2.24) is 5.32 Å². The van der Waals surface area contributed by atoms with Gasteiger partial charge in [-0.3, -0.25) is 0 Å². The van der Waals surface area contributed by atoms with Crippen LogP contribution in [0.5, 0.6) is 0 Å². The zero-order valence-corrected chi connectivity index (χ0v) is 18.0. The smallest absolute Gasteiger partial charge is 0.175 e. The number of nitrogens with one attached hydrogen (secondary N) is 1. The monoisotopic (exact) mass is 407 g/mol. The second-order valence-corrected chi connectivity index (χ2v) is 10.4. The zero-order valence-electron chi connectivity index (χ0n) is 17.1. The van der Waals surface area contributed by atoms with Gasteiger partial charge >= 0.3 is 0 Å². The average molecular weight is 408 g/mol. The van der Waals surface area contributed by atoms with Gasteiger partial charge in [0.25, 0.3) is 0 Å². The van der Waals surface area contributed by atoms with E-state index in [1.165, 1.54) is 47.4 Å². The van der Waals surface area contributed by atoms with Gasteiger partial charge in [-0.15, -0.1) is 0 Å². The maximum Gasteiger partial charge on any atom is 0.175 e. The molecule has 1 aliphatic carbocycles. The van der Waals surface area contributed by atoms with Crippen LogP contribution >= 0.6 is 0 Å². The molecule has 3 aromatic rings. The van der Waals surface area contributed by atoms with Gasteiger partial charge in [0.05, 0.1) is 4.90 Å². The Morgan fingerprint density at radius 2 is 1.66 bits per heavy atom. The predicted octanol–water partition coefficient (Wildman–Crippen LogP) is 5.62. The first-order valence-corrected chi connectivity index (χ1v) is 12.3. The van der Waals surface area contributed by atoms with Gasteiger partial charge in [0.2, 0.25) is 0 Å². The van der Waals surface area contributed by atoms with E-state index in [4.69, 9.17) is 0 Å². The van der Waals surface area contributed by atoms with Crippen LogP contribution in [0.1, 0.15) is 55.7 Å². The summed E-state index contributed by atoms with van der Waals surface area (Å²) < 4.78 is 23.4. The molecule has 0 radical (unpaired) electrons. The minimum Gasteiger partial charge on any atom is -0.307 e. The number of sulfone groups is 1. The number of hydrogen-bond acceptors (Lipinski definition) is 3. The quantitative estimate of drug-likeness (QED) is 0.597. The van der Waals surface area contributed by atoms with Gasteiger partial charge in [0.15, 0.2) is 9.84 Å². The molecule has 1 fully saturated rings. The third kappa shape index (κ3) is 4.54. The molecule has 1 aliphatic rings. The Hall–Kier alpha value is -2.17. The molecule has 4 heteroatoms. The van der Waals surface area contributed by atoms with Gasteiger partial charge in [0, 0.05) is 18.3 Å². The Kier molecular flexibility index (Phi) is 5.75. The molecular weight excluding hydrogens is 378 g/mol. The Labute approximate surface area is 174 Å². The summed E-state index contributed by atoms with van der Waals surface area (Å²) >= 11 is 0. The molecule has 29 heavy (non-hydrogen) atoms. The first-order valence-electron chi connectivity index (χ1n) is 10.5. The molecule has 0 aromatic heterocycles. The molecule has 2 unspecified atom stereocenters. The summed E-state index contributed by atoms with van der Waals surface area (Å²) in [6.07, 6.45) is 5.90. The number of fused-ring (bicyclic) bond motifs is 1. The lowest BCUT2D eigenvalue weighted by molar-refractivity contribution is 0.319. The van der Waals surface area contributed by atoms with E-state index in [1.807, 2.05) is 12.1 Å². The van der Waals surface area contributed by atoms with Crippen LogP contribution in [0.3, 0.4) is 0 Å². The lowest BCUT2D eigenvalue weighted by Gasteiger charge is -2.32. The molecule has 3 atom stereocenters. The van der Waals surface area contributed by atoms with Crippen molar-refractivity contribution in [3.63, 3.8) is 0 Å². The van der Waals surface area contributed by atoms with Crippen LogP contribution in [0, 0.1) is 0 Å². The molecule has 0 saturated heterocycles.